The van der Waals surface area contributed by atoms with Gasteiger partial charge in [-0.15, -0.1) is 0 Å². The van der Waals surface area contributed by atoms with E-state index in [0.717, 1.165) is 19.5 Å². The summed E-state index contributed by atoms with van der Waals surface area (Å²) in [4.78, 5) is 0. The molecule has 0 amide bonds. The lowest BCUT2D eigenvalue weighted by Crippen LogP contribution is -2.24. The third-order valence-electron chi connectivity index (χ3n) is 2.35. The molecule has 2 N–H and O–H groups in total. The zero-order chi connectivity index (χ0) is 10.5. The molecule has 2 rings (SSSR count). The van der Waals surface area contributed by atoms with Gasteiger partial charge in [0, 0.05) is 12.6 Å². The highest BCUT2D eigenvalue weighted by atomic mass is 16.5. The van der Waals surface area contributed by atoms with Crippen molar-refractivity contribution in [2.45, 2.75) is 6.42 Å². The first-order valence-electron chi connectivity index (χ1n) is 5.15. The highest BCUT2D eigenvalue weighted by molar-refractivity contribution is 5.32. The van der Waals surface area contributed by atoms with Gasteiger partial charge in [-0.05, 0) is 30.7 Å². The summed E-state index contributed by atoms with van der Waals surface area (Å²) in [6, 6.07) is 6.87. The molecule has 0 bridgehead atoms. The van der Waals surface area contributed by atoms with Crippen molar-refractivity contribution in [1.82, 2.24) is 5.32 Å². The molecule has 0 saturated heterocycles. The van der Waals surface area contributed by atoms with Crippen LogP contribution >= 0.6 is 0 Å². The van der Waals surface area contributed by atoms with E-state index < -0.39 is 0 Å². The van der Waals surface area contributed by atoms with Gasteiger partial charge in [-0.25, -0.2) is 0 Å². The van der Waals surface area contributed by atoms with Gasteiger partial charge >= 0.3 is 0 Å². The maximum absolute atomic E-state index is 9.24. The molecule has 0 unspecified atom stereocenters. The van der Waals surface area contributed by atoms with Crippen LogP contribution < -0.4 is 10.1 Å². The van der Waals surface area contributed by atoms with E-state index in [1.165, 1.54) is 5.57 Å². The molecule has 1 heterocycles. The second-order valence-electron chi connectivity index (χ2n) is 3.61. The van der Waals surface area contributed by atoms with E-state index >= 15 is 0 Å². The Labute approximate surface area is 89.4 Å². The molecule has 0 aromatic heterocycles. The van der Waals surface area contributed by atoms with Gasteiger partial charge in [-0.1, -0.05) is 12.1 Å². The fraction of sp³-hybridized carbons (Fsp3) is 0.333. The Morgan fingerprint density at radius 1 is 1.40 bits per heavy atom. The number of phenolic OH excluding ortho intramolecular Hbond substituents is 1. The fourth-order valence-electron chi connectivity index (χ4n) is 1.56. The molecule has 0 saturated carbocycles. The Hall–Kier alpha value is -1.48. The van der Waals surface area contributed by atoms with Crippen LogP contribution in [0.25, 0.3) is 0 Å². The van der Waals surface area contributed by atoms with E-state index in [4.69, 9.17) is 4.74 Å². The third kappa shape index (κ3) is 2.99. The Bertz CT molecular complexity index is 360. The van der Waals surface area contributed by atoms with Crippen LogP contribution in [0.4, 0.5) is 0 Å². The predicted molar refractivity (Wildman–Crippen MR) is 59.2 cm³/mol. The van der Waals surface area contributed by atoms with E-state index in [-0.39, 0.29) is 5.75 Å². The number of benzene rings is 1. The fourth-order valence-corrected chi connectivity index (χ4v) is 1.56. The molecule has 15 heavy (non-hydrogen) atoms. The molecule has 1 aliphatic heterocycles. The van der Waals surface area contributed by atoms with Crippen LogP contribution in [0.5, 0.6) is 11.5 Å². The topological polar surface area (TPSA) is 41.5 Å². The van der Waals surface area contributed by atoms with E-state index in [1.807, 2.05) is 6.07 Å². The van der Waals surface area contributed by atoms with Crippen molar-refractivity contribution >= 4 is 0 Å². The third-order valence-corrected chi connectivity index (χ3v) is 2.35. The molecule has 3 heteroatoms. The van der Waals surface area contributed by atoms with Crippen molar-refractivity contribution in [3.8, 4) is 11.5 Å². The van der Waals surface area contributed by atoms with Gasteiger partial charge < -0.3 is 15.2 Å². The molecule has 3 nitrogen and oxygen atoms in total. The second-order valence-corrected chi connectivity index (χ2v) is 3.61. The molecular weight excluding hydrogens is 190 g/mol. The van der Waals surface area contributed by atoms with Gasteiger partial charge in [0.15, 0.2) is 0 Å². The molecule has 0 spiro atoms. The summed E-state index contributed by atoms with van der Waals surface area (Å²) in [6.45, 7) is 2.55. The van der Waals surface area contributed by atoms with Crippen molar-refractivity contribution in [1.29, 1.82) is 0 Å². The Kier molecular flexibility index (Phi) is 3.25. The van der Waals surface area contributed by atoms with Crippen molar-refractivity contribution in [3.05, 3.63) is 35.9 Å². The van der Waals surface area contributed by atoms with E-state index in [9.17, 15) is 5.11 Å². The molecule has 1 aliphatic rings. The Morgan fingerprint density at radius 3 is 3.07 bits per heavy atom. The molecule has 1 aromatic carbocycles. The standard InChI is InChI=1S/C12H15NO2/c14-11-4-1-5-12(7-11)15-9-10-3-2-6-13-8-10/h1,3-5,7,13-14H,2,6,8-9H2. The maximum Gasteiger partial charge on any atom is 0.123 e. The summed E-state index contributed by atoms with van der Waals surface area (Å²) in [6.07, 6.45) is 3.28. The summed E-state index contributed by atoms with van der Waals surface area (Å²) < 4.78 is 5.56. The number of hydrogen-bond donors (Lipinski definition) is 2. The van der Waals surface area contributed by atoms with Crippen LogP contribution in [0.15, 0.2) is 35.9 Å². The maximum atomic E-state index is 9.24. The number of hydrogen-bond acceptors (Lipinski definition) is 3. The van der Waals surface area contributed by atoms with Crippen molar-refractivity contribution in [2.75, 3.05) is 19.7 Å². The van der Waals surface area contributed by atoms with Gasteiger partial charge in [0.25, 0.3) is 0 Å². The van der Waals surface area contributed by atoms with Gasteiger partial charge in [-0.3, -0.25) is 0 Å². The molecule has 0 radical (unpaired) electrons. The van der Waals surface area contributed by atoms with Crippen LogP contribution in [0.1, 0.15) is 6.42 Å². The van der Waals surface area contributed by atoms with Crippen molar-refractivity contribution in [2.24, 2.45) is 0 Å². The van der Waals surface area contributed by atoms with Crippen LogP contribution in [0.2, 0.25) is 0 Å². The second kappa shape index (κ2) is 4.84. The minimum absolute atomic E-state index is 0.239. The normalized spacial score (nSPS) is 15.9. The molecule has 0 fully saturated rings. The van der Waals surface area contributed by atoms with Crippen LogP contribution in [0.3, 0.4) is 0 Å². The molecule has 80 valence electrons. The minimum atomic E-state index is 0.239. The van der Waals surface area contributed by atoms with Crippen LogP contribution in [0, 0.1) is 0 Å². The highest BCUT2D eigenvalue weighted by Crippen LogP contribution is 2.18. The summed E-state index contributed by atoms with van der Waals surface area (Å²) >= 11 is 0. The average molecular weight is 205 g/mol. The quantitative estimate of drug-likeness (QED) is 0.738. The van der Waals surface area contributed by atoms with E-state index in [2.05, 4.69) is 11.4 Å². The number of phenols is 1. The van der Waals surface area contributed by atoms with Crippen LogP contribution in [-0.2, 0) is 0 Å². The number of rotatable bonds is 3. The number of nitrogens with one attached hydrogen (secondary N) is 1. The Morgan fingerprint density at radius 2 is 2.33 bits per heavy atom. The number of aromatic hydroxyl groups is 1. The molecule has 0 aliphatic carbocycles. The summed E-state index contributed by atoms with van der Waals surface area (Å²) in [5, 5.41) is 12.5. The first-order chi connectivity index (χ1) is 7.34. The van der Waals surface area contributed by atoms with Crippen LogP contribution in [-0.4, -0.2) is 24.8 Å². The molecular formula is C12H15NO2. The predicted octanol–water partition coefficient (Wildman–Crippen LogP) is 1.69. The number of ether oxygens (including phenoxy) is 1. The SMILES string of the molecule is Oc1cccc(OCC2=CCCNC2)c1. The van der Waals surface area contributed by atoms with Gasteiger partial charge in [0.1, 0.15) is 18.1 Å². The van der Waals surface area contributed by atoms with Crippen molar-refractivity contribution in [3.63, 3.8) is 0 Å². The largest absolute Gasteiger partial charge is 0.508 e. The average Bonchev–Trinajstić information content (AvgIpc) is 2.28. The van der Waals surface area contributed by atoms with Gasteiger partial charge in [-0.2, -0.15) is 0 Å². The monoisotopic (exact) mass is 205 g/mol. The zero-order valence-electron chi connectivity index (χ0n) is 8.57. The van der Waals surface area contributed by atoms with E-state index in [1.54, 1.807) is 18.2 Å². The Balaban J connectivity index is 1.90. The lowest BCUT2D eigenvalue weighted by Gasteiger charge is -2.14. The van der Waals surface area contributed by atoms with E-state index in [0.29, 0.717) is 12.4 Å². The summed E-state index contributed by atoms with van der Waals surface area (Å²) in [7, 11) is 0. The lowest BCUT2D eigenvalue weighted by atomic mass is 10.2. The first-order valence-corrected chi connectivity index (χ1v) is 5.15. The summed E-state index contributed by atoms with van der Waals surface area (Å²) in [5.41, 5.74) is 1.27. The summed E-state index contributed by atoms with van der Waals surface area (Å²) in [5.74, 6) is 0.949. The minimum Gasteiger partial charge on any atom is -0.508 e. The smallest absolute Gasteiger partial charge is 0.123 e. The molecule has 0 atom stereocenters. The zero-order valence-corrected chi connectivity index (χ0v) is 8.57. The van der Waals surface area contributed by atoms with Gasteiger partial charge in [0.05, 0.1) is 0 Å². The lowest BCUT2D eigenvalue weighted by molar-refractivity contribution is 0.342. The van der Waals surface area contributed by atoms with Gasteiger partial charge in [0.2, 0.25) is 0 Å². The molecule has 1 aromatic rings. The first kappa shape index (κ1) is 10.1. The van der Waals surface area contributed by atoms with Crippen molar-refractivity contribution < 1.29 is 9.84 Å². The highest BCUT2D eigenvalue weighted by Gasteiger charge is 2.03.